The Bertz CT molecular complexity index is 205. The van der Waals surface area contributed by atoms with Gasteiger partial charge in [-0.2, -0.15) is 0 Å². The van der Waals surface area contributed by atoms with Gasteiger partial charge < -0.3 is 13.3 Å². The highest BCUT2D eigenvalue weighted by Gasteiger charge is 2.39. The minimum absolute atomic E-state index is 0.627. The summed E-state index contributed by atoms with van der Waals surface area (Å²) < 4.78 is 17.2. The van der Waals surface area contributed by atoms with Crippen molar-refractivity contribution in [3.05, 3.63) is 12.7 Å². The van der Waals surface area contributed by atoms with Crippen LogP contribution in [0, 0.1) is 0 Å². The number of nitrogens with zero attached hydrogens (tertiary/aromatic N) is 1. The van der Waals surface area contributed by atoms with Crippen LogP contribution in [0.1, 0.15) is 27.2 Å². The van der Waals surface area contributed by atoms with Crippen LogP contribution in [-0.4, -0.2) is 41.4 Å². The SMILES string of the molecule is C=CC=NCCC[Si](OCC)(OCC)OCC. The van der Waals surface area contributed by atoms with E-state index in [0.717, 1.165) is 19.0 Å². The normalized spacial score (nSPS) is 12.2. The molecule has 0 amide bonds. The van der Waals surface area contributed by atoms with Gasteiger partial charge in [-0.15, -0.1) is 0 Å². The van der Waals surface area contributed by atoms with Crippen LogP contribution < -0.4 is 0 Å². The Morgan fingerprint density at radius 3 is 2.00 bits per heavy atom. The molecule has 5 heteroatoms. The second kappa shape index (κ2) is 10.6. The van der Waals surface area contributed by atoms with Crippen molar-refractivity contribution >= 4 is 15.0 Å². The Morgan fingerprint density at radius 1 is 1.06 bits per heavy atom. The molecule has 0 radical (unpaired) electrons. The monoisotopic (exact) mass is 259 g/mol. The molecule has 17 heavy (non-hydrogen) atoms. The van der Waals surface area contributed by atoms with E-state index >= 15 is 0 Å². The zero-order valence-electron chi connectivity index (χ0n) is 11.3. The van der Waals surface area contributed by atoms with E-state index in [1.807, 2.05) is 20.8 Å². The van der Waals surface area contributed by atoms with Gasteiger partial charge in [0.05, 0.1) is 0 Å². The third-order valence-electron chi connectivity index (χ3n) is 2.07. The number of rotatable bonds is 11. The van der Waals surface area contributed by atoms with Crippen LogP contribution in [-0.2, 0) is 13.3 Å². The highest BCUT2D eigenvalue weighted by molar-refractivity contribution is 6.60. The molecule has 0 aliphatic rings. The minimum Gasteiger partial charge on any atom is -0.374 e. The Kier molecular flexibility index (Phi) is 10.3. The van der Waals surface area contributed by atoms with E-state index in [1.165, 1.54) is 0 Å². The molecule has 0 atom stereocenters. The molecule has 0 saturated heterocycles. The van der Waals surface area contributed by atoms with Gasteiger partial charge in [0.1, 0.15) is 0 Å². The van der Waals surface area contributed by atoms with Gasteiger partial charge in [-0.25, -0.2) is 0 Å². The molecular formula is C12H25NO3Si. The van der Waals surface area contributed by atoms with Crippen molar-refractivity contribution in [3.63, 3.8) is 0 Å². The summed E-state index contributed by atoms with van der Waals surface area (Å²) in [5.41, 5.74) is 0. The largest absolute Gasteiger partial charge is 0.500 e. The molecule has 0 rings (SSSR count). The third kappa shape index (κ3) is 7.43. The lowest BCUT2D eigenvalue weighted by Gasteiger charge is -2.28. The summed E-state index contributed by atoms with van der Waals surface area (Å²) in [4.78, 5) is 4.19. The fraction of sp³-hybridized carbons (Fsp3) is 0.750. The molecule has 0 aromatic carbocycles. The zero-order chi connectivity index (χ0) is 13.0. The van der Waals surface area contributed by atoms with Crippen LogP contribution in [0.15, 0.2) is 17.6 Å². The maximum atomic E-state index is 5.74. The molecule has 0 unspecified atom stereocenters. The van der Waals surface area contributed by atoms with E-state index in [1.54, 1.807) is 12.3 Å². The predicted molar refractivity (Wildman–Crippen MR) is 73.6 cm³/mol. The first-order valence-corrected chi connectivity index (χ1v) is 8.20. The number of aliphatic imine (C=N–C) groups is 1. The van der Waals surface area contributed by atoms with Gasteiger partial charge in [-0.05, 0) is 27.2 Å². The second-order valence-electron chi connectivity index (χ2n) is 3.38. The first-order valence-electron chi connectivity index (χ1n) is 6.27. The van der Waals surface area contributed by atoms with E-state index in [2.05, 4.69) is 11.6 Å². The van der Waals surface area contributed by atoms with Gasteiger partial charge in [0.15, 0.2) is 0 Å². The smallest absolute Gasteiger partial charge is 0.374 e. The maximum Gasteiger partial charge on any atom is 0.500 e. The lowest BCUT2D eigenvalue weighted by molar-refractivity contribution is 0.0710. The van der Waals surface area contributed by atoms with Gasteiger partial charge in [0.2, 0.25) is 0 Å². The van der Waals surface area contributed by atoms with Gasteiger partial charge in [0, 0.05) is 38.6 Å². The topological polar surface area (TPSA) is 40.0 Å². The quantitative estimate of drug-likeness (QED) is 0.325. The highest BCUT2D eigenvalue weighted by Crippen LogP contribution is 2.18. The fourth-order valence-corrected chi connectivity index (χ4v) is 4.13. The minimum atomic E-state index is -2.46. The summed E-state index contributed by atoms with van der Waals surface area (Å²) in [5, 5.41) is 0. The molecule has 0 aromatic heterocycles. The molecule has 0 bridgehead atoms. The van der Waals surface area contributed by atoms with Crippen LogP contribution in [0.5, 0.6) is 0 Å². The van der Waals surface area contributed by atoms with Crippen LogP contribution in [0.25, 0.3) is 0 Å². The van der Waals surface area contributed by atoms with Crippen molar-refractivity contribution in [2.24, 2.45) is 4.99 Å². The molecule has 100 valence electrons. The first kappa shape index (κ1) is 16.5. The Balaban J connectivity index is 4.22. The van der Waals surface area contributed by atoms with Crippen LogP contribution >= 0.6 is 0 Å². The van der Waals surface area contributed by atoms with Gasteiger partial charge in [0.25, 0.3) is 0 Å². The van der Waals surface area contributed by atoms with Crippen molar-refractivity contribution < 1.29 is 13.3 Å². The highest BCUT2D eigenvalue weighted by atomic mass is 28.4. The Labute approximate surface area is 106 Å². The average molecular weight is 259 g/mol. The van der Waals surface area contributed by atoms with Crippen molar-refractivity contribution in [1.29, 1.82) is 0 Å². The van der Waals surface area contributed by atoms with E-state index in [9.17, 15) is 0 Å². The molecule has 0 heterocycles. The van der Waals surface area contributed by atoms with Crippen LogP contribution in [0.3, 0.4) is 0 Å². The maximum absolute atomic E-state index is 5.74. The predicted octanol–water partition coefficient (Wildman–Crippen LogP) is 2.68. The summed E-state index contributed by atoms with van der Waals surface area (Å²) in [6, 6.07) is 0.816. The summed E-state index contributed by atoms with van der Waals surface area (Å²) in [5.74, 6) is 0. The van der Waals surface area contributed by atoms with E-state index in [-0.39, 0.29) is 0 Å². The lowest BCUT2D eigenvalue weighted by Crippen LogP contribution is -2.46. The molecule has 0 saturated carbocycles. The second-order valence-corrected chi connectivity index (χ2v) is 6.11. The number of hydrogen-bond donors (Lipinski definition) is 0. The summed E-state index contributed by atoms with van der Waals surface area (Å²) in [6.45, 7) is 12.1. The van der Waals surface area contributed by atoms with Gasteiger partial charge >= 0.3 is 8.80 Å². The number of allylic oxidation sites excluding steroid dienone is 1. The van der Waals surface area contributed by atoms with Crippen molar-refractivity contribution in [3.8, 4) is 0 Å². The van der Waals surface area contributed by atoms with E-state index in [4.69, 9.17) is 13.3 Å². The Morgan fingerprint density at radius 2 is 1.59 bits per heavy atom. The average Bonchev–Trinajstić information content (AvgIpc) is 2.30. The van der Waals surface area contributed by atoms with Gasteiger partial charge in [-0.3, -0.25) is 4.99 Å². The Hall–Kier alpha value is -0.493. The summed E-state index contributed by atoms with van der Waals surface area (Å²) >= 11 is 0. The fourth-order valence-electron chi connectivity index (χ4n) is 1.54. The van der Waals surface area contributed by atoms with Gasteiger partial charge in [-0.1, -0.05) is 12.7 Å². The van der Waals surface area contributed by atoms with Crippen molar-refractivity contribution in [1.82, 2.24) is 0 Å². The summed E-state index contributed by atoms with van der Waals surface area (Å²) in [7, 11) is -2.46. The first-order chi connectivity index (χ1) is 8.24. The molecule has 0 aliphatic carbocycles. The molecule has 0 aliphatic heterocycles. The third-order valence-corrected chi connectivity index (χ3v) is 5.23. The molecule has 4 nitrogen and oxygen atoms in total. The van der Waals surface area contributed by atoms with Crippen molar-refractivity contribution in [2.75, 3.05) is 26.4 Å². The lowest BCUT2D eigenvalue weighted by atomic mass is 10.5. The van der Waals surface area contributed by atoms with Crippen molar-refractivity contribution in [2.45, 2.75) is 33.2 Å². The molecule has 0 aromatic rings. The molecule has 0 N–H and O–H groups in total. The van der Waals surface area contributed by atoms with E-state index < -0.39 is 8.80 Å². The zero-order valence-corrected chi connectivity index (χ0v) is 12.3. The number of hydrogen-bond acceptors (Lipinski definition) is 4. The molecule has 0 fully saturated rings. The van der Waals surface area contributed by atoms with E-state index in [0.29, 0.717) is 19.8 Å². The standard InChI is InChI=1S/C12H25NO3Si/c1-5-10-13-11-9-12-17(14-6-2,15-7-3)16-8-4/h5,10H,1,6-9,11-12H2,2-4H3. The van der Waals surface area contributed by atoms with Crippen LogP contribution in [0.2, 0.25) is 6.04 Å². The molecular weight excluding hydrogens is 234 g/mol. The molecule has 0 spiro atoms. The summed E-state index contributed by atoms with van der Waals surface area (Å²) in [6.07, 6.45) is 4.31. The van der Waals surface area contributed by atoms with Crippen LogP contribution in [0.4, 0.5) is 0 Å².